The molecule has 6 heterocycles. The largest absolute Gasteiger partial charge is 0.355 e. The fourth-order valence-electron chi connectivity index (χ4n) is 5.15. The molecule has 1 N–H and O–H groups in total. The van der Waals surface area contributed by atoms with Crippen LogP contribution in [0.15, 0.2) is 72.9 Å². The van der Waals surface area contributed by atoms with Gasteiger partial charge in [-0.2, -0.15) is 0 Å². The molecule has 0 fully saturated rings. The lowest BCUT2D eigenvalue weighted by Crippen LogP contribution is -1.91. The number of fused-ring (bicyclic) bond motifs is 9. The van der Waals surface area contributed by atoms with E-state index in [1.807, 2.05) is 30.5 Å². The van der Waals surface area contributed by atoms with E-state index in [0.717, 1.165) is 39.3 Å². The molecule has 7 rings (SSSR count). The van der Waals surface area contributed by atoms with Crippen LogP contribution in [0.25, 0.3) is 57.3 Å². The third-order valence-electron chi connectivity index (χ3n) is 7.22. The summed E-state index contributed by atoms with van der Waals surface area (Å²) in [4.78, 5) is 17.2. The molecular formula is C33H31MgN5. The molecule has 0 saturated carbocycles. The van der Waals surface area contributed by atoms with Crippen molar-refractivity contribution in [3.63, 3.8) is 0 Å². The van der Waals surface area contributed by atoms with Crippen LogP contribution in [0.4, 0.5) is 0 Å². The molecule has 0 spiro atoms. The Labute approximate surface area is 244 Å². The van der Waals surface area contributed by atoms with E-state index >= 15 is 0 Å². The van der Waals surface area contributed by atoms with Crippen LogP contribution in [0.3, 0.4) is 0 Å². The van der Waals surface area contributed by atoms with Crippen molar-refractivity contribution < 1.29 is 0 Å². The second-order valence-corrected chi connectivity index (χ2v) is 9.72. The van der Waals surface area contributed by atoms with Crippen molar-refractivity contribution >= 4 is 80.3 Å². The van der Waals surface area contributed by atoms with Crippen molar-refractivity contribution in [2.45, 2.75) is 20.8 Å². The van der Waals surface area contributed by atoms with Gasteiger partial charge in [0, 0.05) is 40.7 Å². The standard InChI is InChI=1S/C24H22N4.C9H7N.Mg.2H/c1-14-15(2)24-16(3)22-10-9-20(27-22)12-19-6-5-17(25-19)11-18-7-8-21(26-18)13-23(14)28(24)4;1-2-6-9-8(4-1)5-3-7-10-9;;;/h5-13,25H,1-4H3;1-7H;;;. The summed E-state index contributed by atoms with van der Waals surface area (Å²) in [7, 11) is 2.12. The van der Waals surface area contributed by atoms with Crippen molar-refractivity contribution in [1.29, 1.82) is 0 Å². The number of H-pyrrole nitrogens is 1. The summed E-state index contributed by atoms with van der Waals surface area (Å²) >= 11 is 0. The highest BCUT2D eigenvalue weighted by molar-refractivity contribution is 5.83. The van der Waals surface area contributed by atoms with Gasteiger partial charge >= 0.3 is 23.1 Å². The Morgan fingerprint density at radius 2 is 1.31 bits per heavy atom. The first-order chi connectivity index (χ1) is 18.5. The maximum Gasteiger partial charge on any atom is 0.316 e. The Kier molecular flexibility index (Phi) is 7.50. The minimum Gasteiger partial charge on any atom is -0.355 e. The number of nitrogens with one attached hydrogen (secondary N) is 1. The van der Waals surface area contributed by atoms with Gasteiger partial charge in [0.1, 0.15) is 0 Å². The van der Waals surface area contributed by atoms with Crippen LogP contribution in [0.2, 0.25) is 0 Å². The SMILES string of the molecule is Cc1c(C)c2c(C)c3nc(cc4ccc(cc5nc(cc1n2C)C=C5)[nH]4)C=C3.[MgH2].c1ccc2ncccc2c1. The van der Waals surface area contributed by atoms with Gasteiger partial charge in [-0.1, -0.05) is 24.3 Å². The Bertz CT molecular complexity index is 1860. The van der Waals surface area contributed by atoms with Gasteiger partial charge in [-0.25, -0.2) is 9.97 Å². The number of pyridine rings is 1. The van der Waals surface area contributed by atoms with E-state index in [9.17, 15) is 0 Å². The van der Waals surface area contributed by atoms with Gasteiger partial charge in [-0.05, 0) is 104 Å². The minimum absolute atomic E-state index is 0. The van der Waals surface area contributed by atoms with Crippen LogP contribution >= 0.6 is 0 Å². The molecule has 0 unspecified atom stereocenters. The summed E-state index contributed by atoms with van der Waals surface area (Å²) in [5.74, 6) is 0. The molecule has 2 aliphatic rings. The second-order valence-electron chi connectivity index (χ2n) is 9.72. The fraction of sp³-hybridized carbons (Fsp3) is 0.121. The highest BCUT2D eigenvalue weighted by atomic mass is 24.3. The van der Waals surface area contributed by atoms with E-state index in [4.69, 9.17) is 9.97 Å². The van der Waals surface area contributed by atoms with Crippen LogP contribution in [-0.4, -0.2) is 47.6 Å². The van der Waals surface area contributed by atoms with E-state index in [1.165, 1.54) is 33.1 Å². The van der Waals surface area contributed by atoms with Gasteiger partial charge in [-0.3, -0.25) is 4.98 Å². The Balaban J connectivity index is 0.000000236. The van der Waals surface area contributed by atoms with E-state index in [1.54, 1.807) is 0 Å². The summed E-state index contributed by atoms with van der Waals surface area (Å²) in [6, 6.07) is 22.5. The average molecular weight is 522 g/mol. The van der Waals surface area contributed by atoms with Crippen LogP contribution in [0, 0.1) is 20.8 Å². The summed E-state index contributed by atoms with van der Waals surface area (Å²) in [6.45, 7) is 6.52. The molecule has 0 aliphatic carbocycles. The monoisotopic (exact) mass is 521 g/mol. The first kappa shape index (κ1) is 26.6. The van der Waals surface area contributed by atoms with Gasteiger partial charge in [0.25, 0.3) is 0 Å². The quantitative estimate of drug-likeness (QED) is 0.221. The number of aryl methyl sites for hydroxylation is 4. The van der Waals surface area contributed by atoms with Gasteiger partial charge < -0.3 is 9.55 Å². The smallest absolute Gasteiger partial charge is 0.316 e. The van der Waals surface area contributed by atoms with Gasteiger partial charge in [-0.15, -0.1) is 0 Å². The number of hydrogen-bond donors (Lipinski definition) is 1. The molecule has 6 heteroatoms. The molecule has 4 aromatic heterocycles. The first-order valence-electron chi connectivity index (χ1n) is 12.8. The topological polar surface area (TPSA) is 59.4 Å². The Morgan fingerprint density at radius 3 is 2.05 bits per heavy atom. The van der Waals surface area contributed by atoms with E-state index < -0.39 is 0 Å². The molecule has 5 nitrogen and oxygen atoms in total. The summed E-state index contributed by atoms with van der Waals surface area (Å²) in [5, 5.41) is 1.20. The lowest BCUT2D eigenvalue weighted by Gasteiger charge is -2.02. The number of para-hydroxylation sites is 1. The van der Waals surface area contributed by atoms with Gasteiger partial charge in [0.15, 0.2) is 0 Å². The zero-order valence-corrected chi connectivity index (χ0v) is 22.0. The number of aromatic nitrogens is 5. The lowest BCUT2D eigenvalue weighted by molar-refractivity contribution is 0.998. The van der Waals surface area contributed by atoms with Crippen LogP contribution in [0.5, 0.6) is 0 Å². The fourth-order valence-corrected chi connectivity index (χ4v) is 5.15. The summed E-state index contributed by atoms with van der Waals surface area (Å²) in [5.41, 5.74) is 13.2. The van der Waals surface area contributed by atoms with Gasteiger partial charge in [0.05, 0.1) is 28.3 Å². The van der Waals surface area contributed by atoms with Crippen LogP contribution in [-0.2, 0) is 7.05 Å². The molecule has 39 heavy (non-hydrogen) atoms. The average Bonchev–Trinajstić information content (AvgIpc) is 3.72. The van der Waals surface area contributed by atoms with Gasteiger partial charge in [0.2, 0.25) is 0 Å². The minimum atomic E-state index is 0. The van der Waals surface area contributed by atoms with Crippen molar-refractivity contribution in [1.82, 2.24) is 24.5 Å². The number of aromatic amines is 1. The molecule has 1 aromatic carbocycles. The van der Waals surface area contributed by atoms with Crippen molar-refractivity contribution in [3.8, 4) is 0 Å². The van der Waals surface area contributed by atoms with Crippen molar-refractivity contribution in [2.75, 3.05) is 0 Å². The number of rotatable bonds is 0. The molecule has 2 aliphatic heterocycles. The van der Waals surface area contributed by atoms with Crippen LogP contribution in [0.1, 0.15) is 39.5 Å². The number of nitrogens with zero attached hydrogens (tertiary/aromatic N) is 4. The molecular weight excluding hydrogens is 491 g/mol. The van der Waals surface area contributed by atoms with Crippen molar-refractivity contribution in [3.05, 3.63) is 112 Å². The predicted octanol–water partition coefficient (Wildman–Crippen LogP) is 6.91. The zero-order valence-electron chi connectivity index (χ0n) is 22.0. The van der Waals surface area contributed by atoms with Crippen molar-refractivity contribution in [2.24, 2.45) is 7.05 Å². The van der Waals surface area contributed by atoms with Crippen LogP contribution < -0.4 is 0 Å². The van der Waals surface area contributed by atoms with E-state index in [0.29, 0.717) is 0 Å². The van der Waals surface area contributed by atoms with E-state index in [2.05, 4.69) is 109 Å². The maximum atomic E-state index is 4.85. The highest BCUT2D eigenvalue weighted by Crippen LogP contribution is 2.28. The lowest BCUT2D eigenvalue weighted by atomic mass is 10.1. The molecule has 8 bridgehead atoms. The predicted molar refractivity (Wildman–Crippen MR) is 168 cm³/mol. The second kappa shape index (κ2) is 11.0. The molecule has 5 aromatic rings. The Hall–Kier alpha value is -4.00. The highest BCUT2D eigenvalue weighted by Gasteiger charge is 2.12. The number of hydrogen-bond acceptors (Lipinski definition) is 3. The third kappa shape index (κ3) is 5.31. The third-order valence-corrected chi connectivity index (χ3v) is 7.22. The normalized spacial score (nSPS) is 11.7. The molecule has 0 amide bonds. The molecule has 190 valence electrons. The summed E-state index contributed by atoms with van der Waals surface area (Å²) < 4.78 is 2.26. The molecule has 0 atom stereocenters. The first-order valence-corrected chi connectivity index (χ1v) is 12.8. The van der Waals surface area contributed by atoms with E-state index in [-0.39, 0.29) is 23.1 Å². The Morgan fingerprint density at radius 1 is 0.667 bits per heavy atom. The maximum absolute atomic E-state index is 4.85. The zero-order chi connectivity index (χ0) is 26.2. The molecule has 0 saturated heterocycles. The number of benzene rings is 1. The molecule has 0 radical (unpaired) electrons. The summed E-state index contributed by atoms with van der Waals surface area (Å²) in [6.07, 6.45) is 10.1.